The number of hydrogen-bond donors (Lipinski definition) is 3. The van der Waals surface area contributed by atoms with Crippen molar-refractivity contribution < 1.29 is 14.3 Å². The van der Waals surface area contributed by atoms with Crippen LogP contribution in [0, 0.1) is 0 Å². The van der Waals surface area contributed by atoms with E-state index >= 15 is 0 Å². The molecular formula is C23H21N3O3S. The fraction of sp³-hybridized carbons (Fsp3) is 0.0870. The van der Waals surface area contributed by atoms with Crippen molar-refractivity contribution in [3.05, 3.63) is 95.6 Å². The van der Waals surface area contributed by atoms with Crippen LogP contribution in [0.25, 0.3) is 0 Å². The predicted octanol–water partition coefficient (Wildman–Crippen LogP) is 3.53. The third-order valence-electron chi connectivity index (χ3n) is 4.29. The quantitative estimate of drug-likeness (QED) is 0.510. The van der Waals surface area contributed by atoms with E-state index in [1.807, 2.05) is 30.3 Å². The third-order valence-corrected chi connectivity index (χ3v) is 4.49. The summed E-state index contributed by atoms with van der Waals surface area (Å²) >= 11 is 5.22. The zero-order valence-electron chi connectivity index (χ0n) is 16.1. The van der Waals surface area contributed by atoms with E-state index < -0.39 is 11.8 Å². The first kappa shape index (κ1) is 21.0. The number of para-hydroxylation sites is 2. The number of rotatable bonds is 7. The fourth-order valence-electron chi connectivity index (χ4n) is 2.83. The van der Waals surface area contributed by atoms with E-state index in [-0.39, 0.29) is 10.7 Å². The van der Waals surface area contributed by atoms with Gasteiger partial charge in [0.2, 0.25) is 0 Å². The number of benzene rings is 3. The highest BCUT2D eigenvalue weighted by Gasteiger charge is 2.15. The molecule has 3 rings (SSSR count). The lowest BCUT2D eigenvalue weighted by Gasteiger charge is -2.14. The van der Waals surface area contributed by atoms with E-state index in [0.29, 0.717) is 23.6 Å². The maximum Gasteiger partial charge on any atom is 0.261 e. The number of anilines is 1. The van der Waals surface area contributed by atoms with Gasteiger partial charge in [0.15, 0.2) is 5.11 Å². The largest absolute Gasteiger partial charge is 0.492 e. The van der Waals surface area contributed by atoms with Crippen molar-refractivity contribution in [3.63, 3.8) is 0 Å². The van der Waals surface area contributed by atoms with E-state index in [9.17, 15) is 9.59 Å². The average molecular weight is 420 g/mol. The second-order valence-corrected chi connectivity index (χ2v) is 6.81. The summed E-state index contributed by atoms with van der Waals surface area (Å²) in [5.41, 5.74) is 7.57. The van der Waals surface area contributed by atoms with Crippen LogP contribution in [-0.4, -0.2) is 23.5 Å². The molecule has 152 valence electrons. The predicted molar refractivity (Wildman–Crippen MR) is 121 cm³/mol. The second kappa shape index (κ2) is 10.2. The van der Waals surface area contributed by atoms with Crippen molar-refractivity contribution in [3.8, 4) is 5.75 Å². The van der Waals surface area contributed by atoms with Gasteiger partial charge in [0.25, 0.3) is 11.8 Å². The Morgan fingerprint density at radius 1 is 0.867 bits per heavy atom. The van der Waals surface area contributed by atoms with Gasteiger partial charge in [-0.15, -0.1) is 0 Å². The molecule has 30 heavy (non-hydrogen) atoms. The molecule has 0 unspecified atom stereocenters. The van der Waals surface area contributed by atoms with Gasteiger partial charge in [-0.1, -0.05) is 54.6 Å². The normalized spacial score (nSPS) is 10.1. The molecule has 3 aromatic carbocycles. The van der Waals surface area contributed by atoms with Gasteiger partial charge in [0.1, 0.15) is 5.75 Å². The average Bonchev–Trinajstić information content (AvgIpc) is 2.75. The molecule has 0 bridgehead atoms. The smallest absolute Gasteiger partial charge is 0.261 e. The molecule has 0 aromatic heterocycles. The van der Waals surface area contributed by atoms with Crippen LogP contribution in [0.3, 0.4) is 0 Å². The molecular weight excluding hydrogens is 398 g/mol. The SMILES string of the molecule is NC(=O)c1ccccc1NC(=S)NC(=O)c1ccccc1OCCc1ccccc1. The minimum atomic E-state index is -0.593. The van der Waals surface area contributed by atoms with Gasteiger partial charge in [0, 0.05) is 6.42 Å². The fourth-order valence-corrected chi connectivity index (χ4v) is 3.04. The standard InChI is InChI=1S/C23H21N3O3S/c24-21(27)17-10-4-6-12-19(17)25-23(30)26-22(28)18-11-5-7-13-20(18)29-15-14-16-8-2-1-3-9-16/h1-13H,14-15H2,(H2,24,27)(H2,25,26,28,30). The molecule has 6 nitrogen and oxygen atoms in total. The van der Waals surface area contributed by atoms with Gasteiger partial charge in [-0.05, 0) is 42.0 Å². The van der Waals surface area contributed by atoms with Gasteiger partial charge in [0.05, 0.1) is 23.4 Å². The molecule has 7 heteroatoms. The van der Waals surface area contributed by atoms with Crippen LogP contribution in [0.15, 0.2) is 78.9 Å². The number of carbonyl (C=O) groups is 2. The number of nitrogens with one attached hydrogen (secondary N) is 2. The number of nitrogens with two attached hydrogens (primary N) is 1. The summed E-state index contributed by atoms with van der Waals surface area (Å²) in [7, 11) is 0. The van der Waals surface area contributed by atoms with Crippen LogP contribution in [0.2, 0.25) is 0 Å². The first-order valence-electron chi connectivity index (χ1n) is 9.31. The highest BCUT2D eigenvalue weighted by Crippen LogP contribution is 2.19. The first-order valence-corrected chi connectivity index (χ1v) is 9.72. The highest BCUT2D eigenvalue weighted by molar-refractivity contribution is 7.80. The zero-order chi connectivity index (χ0) is 21.3. The van der Waals surface area contributed by atoms with Crippen molar-refractivity contribution in [1.82, 2.24) is 5.32 Å². The number of hydrogen-bond acceptors (Lipinski definition) is 4. The molecule has 0 radical (unpaired) electrons. The first-order chi connectivity index (χ1) is 14.5. The maximum absolute atomic E-state index is 12.7. The van der Waals surface area contributed by atoms with Crippen LogP contribution in [0.4, 0.5) is 5.69 Å². The Bertz CT molecular complexity index is 1050. The Morgan fingerprint density at radius 2 is 1.50 bits per heavy atom. The minimum absolute atomic E-state index is 0.0489. The van der Waals surface area contributed by atoms with Crippen molar-refractivity contribution in [1.29, 1.82) is 0 Å². The Labute approximate surface area is 180 Å². The molecule has 0 saturated carbocycles. The summed E-state index contributed by atoms with van der Waals surface area (Å²) in [5.74, 6) is -0.546. The maximum atomic E-state index is 12.7. The van der Waals surface area contributed by atoms with Gasteiger partial charge >= 0.3 is 0 Å². The lowest BCUT2D eigenvalue weighted by molar-refractivity contribution is 0.0972. The van der Waals surface area contributed by atoms with Crippen LogP contribution in [0.1, 0.15) is 26.3 Å². The van der Waals surface area contributed by atoms with Crippen LogP contribution >= 0.6 is 12.2 Å². The number of amides is 2. The van der Waals surface area contributed by atoms with Crippen molar-refractivity contribution in [2.75, 3.05) is 11.9 Å². The molecule has 0 aliphatic rings. The van der Waals surface area contributed by atoms with Gasteiger partial charge in [-0.2, -0.15) is 0 Å². The van der Waals surface area contributed by atoms with Gasteiger partial charge < -0.3 is 15.8 Å². The minimum Gasteiger partial charge on any atom is -0.492 e. The summed E-state index contributed by atoms with van der Waals surface area (Å²) in [5, 5.41) is 5.49. The number of carbonyl (C=O) groups excluding carboxylic acids is 2. The summed E-state index contributed by atoms with van der Waals surface area (Å²) < 4.78 is 5.83. The Hall–Kier alpha value is -3.71. The number of ether oxygens (including phenoxy) is 1. The molecule has 0 atom stereocenters. The van der Waals surface area contributed by atoms with Crippen molar-refractivity contribution in [2.24, 2.45) is 5.73 Å². The highest BCUT2D eigenvalue weighted by atomic mass is 32.1. The molecule has 4 N–H and O–H groups in total. The number of thiocarbonyl (C=S) groups is 1. The van der Waals surface area contributed by atoms with Crippen molar-refractivity contribution >= 4 is 34.8 Å². The summed E-state index contributed by atoms with van der Waals surface area (Å²) in [6, 6.07) is 23.5. The molecule has 0 heterocycles. The van der Waals surface area contributed by atoms with E-state index in [4.69, 9.17) is 22.7 Å². The Kier molecular flexibility index (Phi) is 7.13. The molecule has 0 spiro atoms. The third kappa shape index (κ3) is 5.65. The molecule has 2 amide bonds. The van der Waals surface area contributed by atoms with E-state index in [0.717, 1.165) is 12.0 Å². The van der Waals surface area contributed by atoms with Crippen LogP contribution in [0.5, 0.6) is 5.75 Å². The van der Waals surface area contributed by atoms with Crippen molar-refractivity contribution in [2.45, 2.75) is 6.42 Å². The van der Waals surface area contributed by atoms with E-state index in [1.165, 1.54) is 0 Å². The number of primary amides is 1. The van der Waals surface area contributed by atoms with Crippen LogP contribution < -0.4 is 21.1 Å². The molecule has 3 aromatic rings. The lowest BCUT2D eigenvalue weighted by Crippen LogP contribution is -2.35. The molecule has 0 aliphatic carbocycles. The summed E-state index contributed by atoms with van der Waals surface area (Å²) in [6.07, 6.45) is 0.723. The molecule has 0 fully saturated rings. The molecule has 0 aliphatic heterocycles. The lowest BCUT2D eigenvalue weighted by atomic mass is 10.1. The van der Waals surface area contributed by atoms with Crippen LogP contribution in [-0.2, 0) is 6.42 Å². The van der Waals surface area contributed by atoms with Gasteiger partial charge in [-0.25, -0.2) is 0 Å². The van der Waals surface area contributed by atoms with E-state index in [2.05, 4.69) is 10.6 Å². The Morgan fingerprint density at radius 3 is 2.23 bits per heavy atom. The summed E-state index contributed by atoms with van der Waals surface area (Å²) in [4.78, 5) is 24.2. The topological polar surface area (TPSA) is 93.5 Å². The monoisotopic (exact) mass is 419 g/mol. The van der Waals surface area contributed by atoms with E-state index in [1.54, 1.807) is 48.5 Å². The Balaban J connectivity index is 1.63. The molecule has 0 saturated heterocycles. The summed E-state index contributed by atoms with van der Waals surface area (Å²) in [6.45, 7) is 0.434. The van der Waals surface area contributed by atoms with Gasteiger partial charge in [-0.3, -0.25) is 14.9 Å². The second-order valence-electron chi connectivity index (χ2n) is 6.40. The zero-order valence-corrected chi connectivity index (χ0v) is 16.9.